The Morgan fingerprint density at radius 3 is 2.25 bits per heavy atom. The van der Waals surface area contributed by atoms with E-state index in [2.05, 4.69) is 0 Å². The van der Waals surface area contributed by atoms with Gasteiger partial charge in [-0.25, -0.2) is 4.79 Å². The first-order chi connectivity index (χ1) is 7.15. The van der Waals surface area contributed by atoms with Crippen LogP contribution in [-0.2, 0) is 4.74 Å². The maximum absolute atomic E-state index is 11.6. The lowest BCUT2D eigenvalue weighted by atomic mass is 9.84. The molecule has 1 saturated heterocycles. The fourth-order valence-corrected chi connectivity index (χ4v) is 1.96. The quantitative estimate of drug-likeness (QED) is 0.683. The average Bonchev–Trinajstić information content (AvgIpc) is 2.75. The highest BCUT2D eigenvalue weighted by Crippen LogP contribution is 2.46. The van der Waals surface area contributed by atoms with Gasteiger partial charge in [0.25, 0.3) is 0 Å². The number of nitrogens with two attached hydrogens (primary N) is 1. The van der Waals surface area contributed by atoms with Crippen molar-refractivity contribution in [2.24, 2.45) is 5.73 Å². The molecule has 92 valence electrons. The van der Waals surface area contributed by atoms with E-state index in [9.17, 15) is 9.90 Å². The Bertz CT molecular complexity index is 312. The highest BCUT2D eigenvalue weighted by atomic mass is 16.6. The zero-order chi connectivity index (χ0) is 12.2. The Morgan fingerprint density at radius 1 is 1.38 bits per heavy atom. The van der Waals surface area contributed by atoms with E-state index in [0.717, 1.165) is 12.8 Å². The van der Waals surface area contributed by atoms with Crippen LogP contribution in [0.1, 0.15) is 33.6 Å². The summed E-state index contributed by atoms with van der Waals surface area (Å²) in [4.78, 5) is 13.1. The molecule has 2 rings (SSSR count). The van der Waals surface area contributed by atoms with Gasteiger partial charge >= 0.3 is 6.09 Å². The van der Waals surface area contributed by atoms with E-state index in [-0.39, 0.29) is 6.09 Å². The number of nitrogens with zero attached hydrogens (tertiary/aromatic N) is 1. The topological polar surface area (TPSA) is 75.8 Å². The molecule has 0 atom stereocenters. The minimum absolute atomic E-state index is 0.290. The Labute approximate surface area is 95.5 Å². The molecule has 1 amide bonds. The van der Waals surface area contributed by atoms with Crippen molar-refractivity contribution in [3.63, 3.8) is 0 Å². The largest absolute Gasteiger partial charge is 0.444 e. The summed E-state index contributed by atoms with van der Waals surface area (Å²) in [6, 6.07) is 0. The number of rotatable bonds is 1. The summed E-state index contributed by atoms with van der Waals surface area (Å²) in [7, 11) is 0. The third-order valence-corrected chi connectivity index (χ3v) is 3.27. The summed E-state index contributed by atoms with van der Waals surface area (Å²) >= 11 is 0. The summed E-state index contributed by atoms with van der Waals surface area (Å²) in [5.74, 6) is 0. The Hall–Kier alpha value is -0.810. The summed E-state index contributed by atoms with van der Waals surface area (Å²) in [6.45, 7) is 6.05. The van der Waals surface area contributed by atoms with Gasteiger partial charge in [-0.05, 0) is 33.6 Å². The molecule has 5 heteroatoms. The Balaban J connectivity index is 1.86. The molecule has 1 aliphatic heterocycles. The monoisotopic (exact) mass is 228 g/mol. The van der Waals surface area contributed by atoms with Gasteiger partial charge in [-0.1, -0.05) is 0 Å². The van der Waals surface area contributed by atoms with Crippen molar-refractivity contribution in [2.75, 3.05) is 13.1 Å². The normalized spacial score (nSPS) is 25.9. The molecule has 0 aromatic carbocycles. The number of carbonyl (C=O) groups excluding carboxylic acids is 1. The number of hydrogen-bond acceptors (Lipinski definition) is 4. The molecule has 2 fully saturated rings. The molecule has 0 spiro atoms. The molecule has 0 aromatic rings. The van der Waals surface area contributed by atoms with Gasteiger partial charge in [0.05, 0.1) is 13.1 Å². The van der Waals surface area contributed by atoms with Crippen molar-refractivity contribution in [1.29, 1.82) is 0 Å². The molecule has 0 radical (unpaired) electrons. The maximum Gasteiger partial charge on any atom is 0.410 e. The van der Waals surface area contributed by atoms with Gasteiger partial charge in [0, 0.05) is 5.54 Å². The second-order valence-corrected chi connectivity index (χ2v) is 6.02. The predicted molar refractivity (Wildman–Crippen MR) is 58.9 cm³/mol. The predicted octanol–water partition coefficient (Wildman–Crippen LogP) is 0.460. The number of β-amino-alcohol motifs (C(OH)–C–C–N with tert-alkyl or cyclic N) is 1. The zero-order valence-corrected chi connectivity index (χ0v) is 10.1. The molecule has 1 aliphatic carbocycles. The van der Waals surface area contributed by atoms with Gasteiger partial charge in [0.1, 0.15) is 11.2 Å². The summed E-state index contributed by atoms with van der Waals surface area (Å²) in [5, 5.41) is 10.2. The number of ether oxygens (including phenoxy) is 1. The minimum Gasteiger partial charge on any atom is -0.444 e. The van der Waals surface area contributed by atoms with Crippen molar-refractivity contribution in [2.45, 2.75) is 50.4 Å². The number of likely N-dealkylation sites (tertiary alicyclic amines) is 1. The van der Waals surface area contributed by atoms with Gasteiger partial charge in [-0.15, -0.1) is 0 Å². The van der Waals surface area contributed by atoms with Crippen molar-refractivity contribution in [1.82, 2.24) is 4.90 Å². The van der Waals surface area contributed by atoms with Crippen molar-refractivity contribution in [3.05, 3.63) is 0 Å². The van der Waals surface area contributed by atoms with Gasteiger partial charge in [0.2, 0.25) is 0 Å². The second kappa shape index (κ2) is 3.11. The van der Waals surface area contributed by atoms with Crippen LogP contribution in [0.2, 0.25) is 0 Å². The highest BCUT2D eigenvalue weighted by Gasteiger charge is 2.62. The van der Waals surface area contributed by atoms with Crippen molar-refractivity contribution < 1.29 is 14.6 Å². The van der Waals surface area contributed by atoms with E-state index in [1.807, 2.05) is 20.8 Å². The second-order valence-electron chi connectivity index (χ2n) is 6.02. The van der Waals surface area contributed by atoms with Gasteiger partial charge in [-0.3, -0.25) is 0 Å². The fraction of sp³-hybridized carbons (Fsp3) is 0.909. The van der Waals surface area contributed by atoms with Crippen molar-refractivity contribution in [3.8, 4) is 0 Å². The Morgan fingerprint density at radius 2 is 1.88 bits per heavy atom. The lowest BCUT2D eigenvalue weighted by Gasteiger charge is -2.49. The number of amides is 1. The van der Waals surface area contributed by atoms with E-state index in [1.54, 1.807) is 0 Å². The van der Waals surface area contributed by atoms with Gasteiger partial charge < -0.3 is 20.5 Å². The third-order valence-electron chi connectivity index (χ3n) is 3.27. The lowest BCUT2D eigenvalue weighted by molar-refractivity contribution is -0.118. The molecule has 2 aliphatic rings. The SMILES string of the molecule is CC(C)(C)OC(=O)N1CC(O)(C2(N)CC2)C1. The van der Waals surface area contributed by atoms with E-state index in [4.69, 9.17) is 10.5 Å². The van der Waals surface area contributed by atoms with Crippen LogP contribution in [0.15, 0.2) is 0 Å². The van der Waals surface area contributed by atoms with E-state index in [1.165, 1.54) is 4.90 Å². The standard InChI is InChI=1S/C11H20N2O3/c1-9(2,3)16-8(14)13-6-11(15,7-13)10(12)4-5-10/h15H,4-7,12H2,1-3H3. The molecule has 1 saturated carbocycles. The molecule has 5 nitrogen and oxygen atoms in total. The average molecular weight is 228 g/mol. The van der Waals surface area contributed by atoms with Crippen LogP contribution in [0.5, 0.6) is 0 Å². The van der Waals surface area contributed by atoms with E-state index < -0.39 is 16.7 Å². The van der Waals surface area contributed by atoms with Crippen LogP contribution < -0.4 is 5.73 Å². The first kappa shape index (κ1) is 11.7. The smallest absolute Gasteiger partial charge is 0.410 e. The summed E-state index contributed by atoms with van der Waals surface area (Å²) in [5.41, 5.74) is 4.09. The molecular formula is C11H20N2O3. The van der Waals surface area contributed by atoms with Crippen LogP contribution in [0, 0.1) is 0 Å². The maximum atomic E-state index is 11.6. The molecule has 3 N–H and O–H groups in total. The van der Waals surface area contributed by atoms with Gasteiger partial charge in [-0.2, -0.15) is 0 Å². The van der Waals surface area contributed by atoms with Crippen LogP contribution >= 0.6 is 0 Å². The summed E-state index contributed by atoms with van der Waals surface area (Å²) in [6.07, 6.45) is 1.30. The summed E-state index contributed by atoms with van der Waals surface area (Å²) < 4.78 is 5.20. The van der Waals surface area contributed by atoms with E-state index in [0.29, 0.717) is 13.1 Å². The van der Waals surface area contributed by atoms with Crippen molar-refractivity contribution >= 4 is 6.09 Å². The van der Waals surface area contributed by atoms with Crippen LogP contribution in [0.4, 0.5) is 4.79 Å². The number of aliphatic hydroxyl groups is 1. The Kier molecular flexibility index (Phi) is 2.27. The first-order valence-electron chi connectivity index (χ1n) is 5.64. The third kappa shape index (κ3) is 1.89. The van der Waals surface area contributed by atoms with E-state index >= 15 is 0 Å². The molecular weight excluding hydrogens is 208 g/mol. The van der Waals surface area contributed by atoms with Crippen LogP contribution in [0.3, 0.4) is 0 Å². The number of carbonyl (C=O) groups is 1. The number of hydrogen-bond donors (Lipinski definition) is 2. The lowest BCUT2D eigenvalue weighted by Crippen LogP contribution is -2.72. The van der Waals surface area contributed by atoms with Crippen LogP contribution in [0.25, 0.3) is 0 Å². The zero-order valence-electron chi connectivity index (χ0n) is 10.1. The van der Waals surface area contributed by atoms with Crippen LogP contribution in [-0.4, -0.2) is 45.9 Å². The fourth-order valence-electron chi connectivity index (χ4n) is 1.96. The molecule has 0 aromatic heterocycles. The molecule has 0 bridgehead atoms. The minimum atomic E-state index is -0.899. The molecule has 16 heavy (non-hydrogen) atoms. The highest BCUT2D eigenvalue weighted by molar-refractivity contribution is 5.70. The first-order valence-corrected chi connectivity index (χ1v) is 5.64. The van der Waals surface area contributed by atoms with Gasteiger partial charge in [0.15, 0.2) is 0 Å². The molecule has 0 unspecified atom stereocenters. The molecule has 1 heterocycles.